The Labute approximate surface area is 114 Å². The van der Waals surface area contributed by atoms with Gasteiger partial charge in [-0.05, 0) is 27.7 Å². The van der Waals surface area contributed by atoms with Crippen molar-refractivity contribution in [3.8, 4) is 0 Å². The van der Waals surface area contributed by atoms with E-state index in [0.29, 0.717) is 19.6 Å². The maximum Gasteiger partial charge on any atom is 0.163 e. The van der Waals surface area contributed by atoms with Gasteiger partial charge in [-0.1, -0.05) is 6.08 Å². The van der Waals surface area contributed by atoms with Gasteiger partial charge in [0.25, 0.3) is 0 Å². The summed E-state index contributed by atoms with van der Waals surface area (Å²) in [5, 5.41) is 10.7. The van der Waals surface area contributed by atoms with Crippen LogP contribution in [0.15, 0.2) is 12.7 Å². The van der Waals surface area contributed by atoms with E-state index in [9.17, 15) is 5.11 Å². The molecule has 0 unspecified atom stereocenters. The number of aliphatic hydroxyl groups is 1. The van der Waals surface area contributed by atoms with Crippen molar-refractivity contribution >= 4 is 0 Å². The van der Waals surface area contributed by atoms with Gasteiger partial charge in [0.05, 0.1) is 19.3 Å². The molecule has 19 heavy (non-hydrogen) atoms. The molecule has 0 aliphatic carbocycles. The molecule has 2 heterocycles. The minimum Gasteiger partial charge on any atom is -0.383 e. The quantitative estimate of drug-likeness (QED) is 0.788. The average Bonchev–Trinajstić information content (AvgIpc) is 2.81. The normalized spacial score (nSPS) is 36.1. The zero-order valence-electron chi connectivity index (χ0n) is 12.1. The summed E-state index contributed by atoms with van der Waals surface area (Å²) < 4.78 is 22.5. The molecule has 3 atom stereocenters. The fourth-order valence-electron chi connectivity index (χ4n) is 2.51. The molecule has 0 aromatic carbocycles. The topological polar surface area (TPSA) is 57.2 Å². The molecular weight excluding hydrogens is 248 g/mol. The van der Waals surface area contributed by atoms with Crippen molar-refractivity contribution in [1.29, 1.82) is 0 Å². The van der Waals surface area contributed by atoms with Crippen molar-refractivity contribution in [3.05, 3.63) is 12.7 Å². The van der Waals surface area contributed by atoms with Gasteiger partial charge in [0.2, 0.25) is 0 Å². The van der Waals surface area contributed by atoms with Crippen molar-refractivity contribution in [2.45, 2.75) is 63.5 Å². The maximum absolute atomic E-state index is 10.7. The first kappa shape index (κ1) is 14.9. The second-order valence-corrected chi connectivity index (χ2v) is 6.17. The van der Waals surface area contributed by atoms with E-state index in [4.69, 9.17) is 18.9 Å². The van der Waals surface area contributed by atoms with E-state index in [-0.39, 0.29) is 6.10 Å². The number of hydrogen-bond acceptors (Lipinski definition) is 5. The van der Waals surface area contributed by atoms with E-state index >= 15 is 0 Å². The van der Waals surface area contributed by atoms with Crippen LogP contribution in [-0.2, 0) is 18.9 Å². The van der Waals surface area contributed by atoms with Gasteiger partial charge in [0.1, 0.15) is 11.7 Å². The number of ether oxygens (including phenoxy) is 4. The van der Waals surface area contributed by atoms with E-state index in [1.165, 1.54) is 6.08 Å². The molecule has 1 N–H and O–H groups in total. The molecule has 0 aromatic rings. The standard InChI is InChI=1S/C14H24O5/c1-6-14(15,11-9-17-13(4,5)19-11)7-10-8-16-12(2,3)18-10/h6,10-11,15H,1,7-9H2,2-5H3/t10-,11+,14-/m0/s1. The molecule has 0 spiro atoms. The second kappa shape index (κ2) is 4.82. The SMILES string of the molecule is C=C[C@](O)(C[C@H]1COC(C)(C)O1)[C@H]1COC(C)(C)O1. The van der Waals surface area contributed by atoms with Gasteiger partial charge in [-0.3, -0.25) is 0 Å². The molecule has 0 saturated carbocycles. The van der Waals surface area contributed by atoms with Crippen LogP contribution in [0.5, 0.6) is 0 Å². The van der Waals surface area contributed by atoms with Crippen LogP contribution in [0.3, 0.4) is 0 Å². The van der Waals surface area contributed by atoms with Crippen LogP contribution in [0, 0.1) is 0 Å². The molecule has 0 radical (unpaired) electrons. The van der Waals surface area contributed by atoms with Crippen LogP contribution < -0.4 is 0 Å². The average molecular weight is 272 g/mol. The Morgan fingerprint density at radius 2 is 1.74 bits per heavy atom. The van der Waals surface area contributed by atoms with Crippen molar-refractivity contribution in [2.24, 2.45) is 0 Å². The first-order valence-corrected chi connectivity index (χ1v) is 6.65. The Hall–Kier alpha value is -0.460. The van der Waals surface area contributed by atoms with Crippen LogP contribution in [0.2, 0.25) is 0 Å². The van der Waals surface area contributed by atoms with Gasteiger partial charge in [-0.15, -0.1) is 6.58 Å². The Morgan fingerprint density at radius 3 is 2.16 bits per heavy atom. The van der Waals surface area contributed by atoms with Crippen molar-refractivity contribution < 1.29 is 24.1 Å². The van der Waals surface area contributed by atoms with Gasteiger partial charge in [-0.25, -0.2) is 0 Å². The van der Waals surface area contributed by atoms with E-state index in [1.54, 1.807) is 0 Å². The Kier molecular flexibility index (Phi) is 3.79. The van der Waals surface area contributed by atoms with E-state index < -0.39 is 23.3 Å². The second-order valence-electron chi connectivity index (χ2n) is 6.17. The largest absolute Gasteiger partial charge is 0.383 e. The van der Waals surface area contributed by atoms with Gasteiger partial charge in [-0.2, -0.15) is 0 Å². The highest BCUT2D eigenvalue weighted by molar-refractivity contribution is 5.05. The summed E-state index contributed by atoms with van der Waals surface area (Å²) in [5.74, 6) is -1.27. The summed E-state index contributed by atoms with van der Waals surface area (Å²) in [5.41, 5.74) is -1.18. The summed E-state index contributed by atoms with van der Waals surface area (Å²) >= 11 is 0. The fraction of sp³-hybridized carbons (Fsp3) is 0.857. The lowest BCUT2D eigenvalue weighted by molar-refractivity contribution is -0.172. The lowest BCUT2D eigenvalue weighted by atomic mass is 9.90. The lowest BCUT2D eigenvalue weighted by Crippen LogP contribution is -2.46. The molecule has 2 fully saturated rings. The summed E-state index contributed by atoms with van der Waals surface area (Å²) in [4.78, 5) is 0. The summed E-state index contributed by atoms with van der Waals surface area (Å²) in [6, 6.07) is 0. The Bertz CT molecular complexity index is 352. The van der Waals surface area contributed by atoms with Gasteiger partial charge >= 0.3 is 0 Å². The van der Waals surface area contributed by atoms with Crippen LogP contribution >= 0.6 is 0 Å². The van der Waals surface area contributed by atoms with Gasteiger partial charge in [0, 0.05) is 6.42 Å². The molecule has 5 nitrogen and oxygen atoms in total. The predicted octanol–water partition coefficient (Wildman–Crippen LogP) is 1.60. The summed E-state index contributed by atoms with van der Waals surface area (Å²) in [6.07, 6.45) is 1.28. The minimum absolute atomic E-state index is 0.176. The molecule has 2 aliphatic heterocycles. The van der Waals surface area contributed by atoms with Crippen molar-refractivity contribution in [1.82, 2.24) is 0 Å². The molecule has 110 valence electrons. The molecule has 0 aromatic heterocycles. The van der Waals surface area contributed by atoms with E-state index in [1.807, 2.05) is 27.7 Å². The Balaban J connectivity index is 2.01. The fourth-order valence-corrected chi connectivity index (χ4v) is 2.51. The Morgan fingerprint density at radius 1 is 1.16 bits per heavy atom. The number of rotatable bonds is 4. The van der Waals surface area contributed by atoms with Gasteiger partial charge in [0.15, 0.2) is 11.6 Å². The molecule has 0 bridgehead atoms. The van der Waals surface area contributed by atoms with Crippen LogP contribution in [0.4, 0.5) is 0 Å². The van der Waals surface area contributed by atoms with Crippen LogP contribution in [0.1, 0.15) is 34.1 Å². The lowest BCUT2D eigenvalue weighted by Gasteiger charge is -2.32. The first-order valence-electron chi connectivity index (χ1n) is 6.65. The maximum atomic E-state index is 10.7. The number of hydrogen-bond donors (Lipinski definition) is 1. The summed E-state index contributed by atoms with van der Waals surface area (Å²) in [7, 11) is 0. The van der Waals surface area contributed by atoms with E-state index in [0.717, 1.165) is 0 Å². The zero-order chi connectivity index (χ0) is 14.3. The smallest absolute Gasteiger partial charge is 0.163 e. The van der Waals surface area contributed by atoms with Crippen LogP contribution in [-0.4, -0.2) is 47.7 Å². The molecule has 0 amide bonds. The predicted molar refractivity (Wildman–Crippen MR) is 69.6 cm³/mol. The van der Waals surface area contributed by atoms with Crippen LogP contribution in [0.25, 0.3) is 0 Å². The van der Waals surface area contributed by atoms with Crippen molar-refractivity contribution in [3.63, 3.8) is 0 Å². The molecule has 2 rings (SSSR count). The third-order valence-electron chi connectivity index (χ3n) is 3.54. The minimum atomic E-state index is -1.18. The highest BCUT2D eigenvalue weighted by Crippen LogP contribution is 2.35. The van der Waals surface area contributed by atoms with E-state index in [2.05, 4.69) is 6.58 Å². The molecular formula is C14H24O5. The monoisotopic (exact) mass is 272 g/mol. The van der Waals surface area contributed by atoms with Crippen molar-refractivity contribution in [2.75, 3.05) is 13.2 Å². The third-order valence-corrected chi connectivity index (χ3v) is 3.54. The highest BCUT2D eigenvalue weighted by Gasteiger charge is 2.47. The molecule has 2 aliphatic rings. The summed E-state index contributed by atoms with van der Waals surface area (Å²) in [6.45, 7) is 11.9. The van der Waals surface area contributed by atoms with Gasteiger partial charge < -0.3 is 24.1 Å². The third kappa shape index (κ3) is 3.35. The molecule has 2 saturated heterocycles. The zero-order valence-corrected chi connectivity index (χ0v) is 12.1. The first-order chi connectivity index (χ1) is 8.66. The highest BCUT2D eigenvalue weighted by atomic mass is 16.8. The molecule has 5 heteroatoms.